The SMILES string of the molecule is CC(C)(N)C(=O)N1CCN(C(=O)Nc2ccn(-c3cccc(CCN4C[C@H]5CNC[C@H]5C4)c3)c(=O)n2)CC1. The van der Waals surface area contributed by atoms with E-state index in [0.717, 1.165) is 56.7 Å². The molecule has 0 bridgehead atoms. The van der Waals surface area contributed by atoms with Crippen LogP contribution in [0.5, 0.6) is 0 Å². The van der Waals surface area contributed by atoms with Gasteiger partial charge in [-0.05, 0) is 69.0 Å². The Labute approximate surface area is 223 Å². The largest absolute Gasteiger partial charge is 0.354 e. The molecule has 4 heterocycles. The van der Waals surface area contributed by atoms with Crippen molar-refractivity contribution in [3.8, 4) is 5.69 Å². The summed E-state index contributed by atoms with van der Waals surface area (Å²) in [5.41, 5.74) is 6.44. The summed E-state index contributed by atoms with van der Waals surface area (Å²) in [6, 6.07) is 9.25. The molecule has 11 nitrogen and oxygen atoms in total. The number of nitrogens with two attached hydrogens (primary N) is 1. The molecule has 1 aromatic heterocycles. The van der Waals surface area contributed by atoms with Crippen LogP contribution in [0, 0.1) is 11.8 Å². The number of nitrogens with zero attached hydrogens (tertiary/aromatic N) is 5. The maximum absolute atomic E-state index is 12.8. The van der Waals surface area contributed by atoms with Crippen LogP contribution in [0.3, 0.4) is 0 Å². The molecular formula is C27H38N8O3. The van der Waals surface area contributed by atoms with Gasteiger partial charge in [0.15, 0.2) is 0 Å². The molecule has 3 amide bonds. The number of rotatable bonds is 6. The van der Waals surface area contributed by atoms with Gasteiger partial charge in [0.2, 0.25) is 5.91 Å². The monoisotopic (exact) mass is 522 g/mol. The Morgan fingerprint density at radius 3 is 2.42 bits per heavy atom. The van der Waals surface area contributed by atoms with E-state index < -0.39 is 11.2 Å². The number of hydrogen-bond acceptors (Lipinski definition) is 7. The van der Waals surface area contributed by atoms with Gasteiger partial charge in [-0.15, -0.1) is 0 Å². The summed E-state index contributed by atoms with van der Waals surface area (Å²) >= 11 is 0. The van der Waals surface area contributed by atoms with Gasteiger partial charge < -0.3 is 25.8 Å². The smallest absolute Gasteiger partial charge is 0.338 e. The number of amides is 3. The van der Waals surface area contributed by atoms with Crippen molar-refractivity contribution < 1.29 is 9.59 Å². The highest BCUT2D eigenvalue weighted by Gasteiger charge is 2.35. The van der Waals surface area contributed by atoms with Gasteiger partial charge >= 0.3 is 11.7 Å². The Morgan fingerprint density at radius 2 is 1.76 bits per heavy atom. The van der Waals surface area contributed by atoms with Crippen molar-refractivity contribution in [3.63, 3.8) is 0 Å². The van der Waals surface area contributed by atoms with Crippen LogP contribution in [0.1, 0.15) is 19.4 Å². The van der Waals surface area contributed by atoms with Crippen LogP contribution in [-0.4, -0.2) is 101 Å². The van der Waals surface area contributed by atoms with E-state index in [9.17, 15) is 14.4 Å². The van der Waals surface area contributed by atoms with E-state index in [2.05, 4.69) is 26.6 Å². The first-order valence-electron chi connectivity index (χ1n) is 13.4. The van der Waals surface area contributed by atoms with Crippen molar-refractivity contribution >= 4 is 17.8 Å². The number of carbonyl (C=O) groups excluding carboxylic acids is 2. The highest BCUT2D eigenvalue weighted by Crippen LogP contribution is 2.26. The molecule has 0 spiro atoms. The van der Waals surface area contributed by atoms with E-state index in [1.165, 1.54) is 10.1 Å². The number of aromatic nitrogens is 2. The third-order valence-electron chi connectivity index (χ3n) is 7.81. The lowest BCUT2D eigenvalue weighted by molar-refractivity contribution is -0.137. The minimum Gasteiger partial charge on any atom is -0.338 e. The molecule has 0 unspecified atom stereocenters. The molecule has 0 saturated carbocycles. The lowest BCUT2D eigenvalue weighted by Gasteiger charge is -2.37. The molecule has 3 saturated heterocycles. The molecule has 0 radical (unpaired) electrons. The molecule has 3 aliphatic heterocycles. The number of piperazine rings is 1. The lowest BCUT2D eigenvalue weighted by Crippen LogP contribution is -2.58. The second kappa shape index (κ2) is 10.8. The molecule has 11 heteroatoms. The Morgan fingerprint density at radius 1 is 1.08 bits per heavy atom. The Balaban J connectivity index is 1.16. The van der Waals surface area contributed by atoms with Gasteiger partial charge in [0.1, 0.15) is 5.82 Å². The summed E-state index contributed by atoms with van der Waals surface area (Å²) in [7, 11) is 0. The maximum Gasteiger partial charge on any atom is 0.354 e. The zero-order chi connectivity index (χ0) is 26.9. The number of fused-ring (bicyclic) bond motifs is 1. The van der Waals surface area contributed by atoms with E-state index in [1.54, 1.807) is 35.9 Å². The molecule has 2 aromatic rings. The Kier molecular flexibility index (Phi) is 7.51. The molecule has 2 atom stereocenters. The van der Waals surface area contributed by atoms with Crippen molar-refractivity contribution in [1.82, 2.24) is 29.6 Å². The lowest BCUT2D eigenvalue weighted by atomic mass is 10.0. The van der Waals surface area contributed by atoms with Crippen LogP contribution in [0.2, 0.25) is 0 Å². The standard InChI is InChI=1S/C27H38N8O3/c1-27(2,28)24(36)33-10-12-34(13-11-33)25(37)30-23-7-9-35(26(38)31-23)22-5-3-4-19(14-22)6-8-32-17-20-15-29-16-21(20)18-32/h3-5,7,9,14,20-21,29H,6,8,10-13,15-18,28H2,1-2H3,(H,30,31,37,38)/t20-,21+. The summed E-state index contributed by atoms with van der Waals surface area (Å²) in [6.45, 7) is 10.5. The number of nitrogens with one attached hydrogen (secondary N) is 2. The zero-order valence-corrected chi connectivity index (χ0v) is 22.2. The van der Waals surface area contributed by atoms with Crippen LogP contribution in [-0.2, 0) is 11.2 Å². The molecule has 3 aliphatic rings. The van der Waals surface area contributed by atoms with Gasteiger partial charge in [0.05, 0.1) is 11.2 Å². The predicted molar refractivity (Wildman–Crippen MR) is 145 cm³/mol. The van der Waals surface area contributed by atoms with Crippen molar-refractivity contribution in [2.45, 2.75) is 25.8 Å². The van der Waals surface area contributed by atoms with Crippen LogP contribution >= 0.6 is 0 Å². The summed E-state index contributed by atoms with van der Waals surface area (Å²) in [5, 5.41) is 6.19. The molecule has 1 aromatic carbocycles. The highest BCUT2D eigenvalue weighted by atomic mass is 16.2. The number of anilines is 1. The minimum atomic E-state index is -0.942. The number of likely N-dealkylation sites (tertiary alicyclic amines) is 1. The van der Waals surface area contributed by atoms with E-state index >= 15 is 0 Å². The fraction of sp³-hybridized carbons (Fsp3) is 0.556. The van der Waals surface area contributed by atoms with Gasteiger partial charge in [0.25, 0.3) is 0 Å². The van der Waals surface area contributed by atoms with Crippen molar-refractivity contribution in [2.24, 2.45) is 17.6 Å². The number of carbonyl (C=O) groups is 2. The van der Waals surface area contributed by atoms with Gasteiger partial charge in [-0.2, -0.15) is 4.98 Å². The molecule has 38 heavy (non-hydrogen) atoms. The second-order valence-electron chi connectivity index (χ2n) is 11.3. The normalized spacial score (nSPS) is 22.0. The quantitative estimate of drug-likeness (QED) is 0.499. The van der Waals surface area contributed by atoms with E-state index in [4.69, 9.17) is 5.73 Å². The highest BCUT2D eigenvalue weighted by molar-refractivity contribution is 5.89. The Hall–Kier alpha value is -3.28. The average Bonchev–Trinajstić information content (AvgIpc) is 3.49. The van der Waals surface area contributed by atoms with E-state index in [0.29, 0.717) is 26.2 Å². The van der Waals surface area contributed by atoms with Crippen molar-refractivity contribution in [2.75, 3.05) is 64.2 Å². The fourth-order valence-corrected chi connectivity index (χ4v) is 5.66. The summed E-state index contributed by atoms with van der Waals surface area (Å²) < 4.78 is 1.49. The molecule has 4 N–H and O–H groups in total. The van der Waals surface area contributed by atoms with Crippen LogP contribution in [0.4, 0.5) is 10.6 Å². The van der Waals surface area contributed by atoms with Crippen LogP contribution in [0.25, 0.3) is 5.69 Å². The first kappa shape index (κ1) is 26.3. The van der Waals surface area contributed by atoms with Gasteiger partial charge in [0, 0.05) is 52.0 Å². The number of benzene rings is 1. The van der Waals surface area contributed by atoms with Crippen LogP contribution < -0.4 is 22.1 Å². The van der Waals surface area contributed by atoms with Crippen LogP contribution in [0.15, 0.2) is 41.3 Å². The summed E-state index contributed by atoms with van der Waals surface area (Å²) in [5.74, 6) is 1.62. The molecule has 5 rings (SSSR count). The topological polar surface area (TPSA) is 129 Å². The average molecular weight is 523 g/mol. The first-order valence-corrected chi connectivity index (χ1v) is 13.4. The fourth-order valence-electron chi connectivity index (χ4n) is 5.66. The minimum absolute atomic E-state index is 0.136. The number of hydrogen-bond donors (Lipinski definition) is 3. The van der Waals surface area contributed by atoms with Crippen molar-refractivity contribution in [1.29, 1.82) is 0 Å². The molecular weight excluding hydrogens is 484 g/mol. The Bertz CT molecular complexity index is 1220. The predicted octanol–water partition coefficient (Wildman–Crippen LogP) is 0.340. The first-order chi connectivity index (χ1) is 18.2. The van der Waals surface area contributed by atoms with Gasteiger partial charge in [-0.25, -0.2) is 9.59 Å². The third kappa shape index (κ3) is 5.90. The van der Waals surface area contributed by atoms with Crippen molar-refractivity contribution in [3.05, 3.63) is 52.6 Å². The van der Waals surface area contributed by atoms with Gasteiger partial charge in [-0.3, -0.25) is 14.7 Å². The summed E-state index contributed by atoms with van der Waals surface area (Å²) in [6.07, 6.45) is 2.57. The molecule has 204 valence electrons. The third-order valence-corrected chi connectivity index (χ3v) is 7.81. The zero-order valence-electron chi connectivity index (χ0n) is 22.2. The van der Waals surface area contributed by atoms with Gasteiger partial charge in [-0.1, -0.05) is 12.1 Å². The molecule has 3 fully saturated rings. The summed E-state index contributed by atoms with van der Waals surface area (Å²) in [4.78, 5) is 47.8. The van der Waals surface area contributed by atoms with E-state index in [-0.39, 0.29) is 17.8 Å². The van der Waals surface area contributed by atoms with E-state index in [1.807, 2.05) is 18.2 Å². The number of urea groups is 1. The maximum atomic E-state index is 12.8. The molecule has 0 aliphatic carbocycles. The second-order valence-corrected chi connectivity index (χ2v) is 11.3.